The SMILES string of the molecule is CC(=O)N1CC(Nc2ncc3c(F)c(Br)ccc3n2)C1. The molecule has 104 valence electrons. The van der Waals surface area contributed by atoms with E-state index in [9.17, 15) is 9.18 Å². The molecule has 0 saturated carbocycles. The van der Waals surface area contributed by atoms with Gasteiger partial charge < -0.3 is 10.2 Å². The minimum atomic E-state index is -0.361. The summed E-state index contributed by atoms with van der Waals surface area (Å²) in [5.74, 6) is 0.155. The quantitative estimate of drug-likeness (QED) is 0.911. The number of nitrogens with one attached hydrogen (secondary N) is 1. The molecule has 3 rings (SSSR count). The van der Waals surface area contributed by atoms with Crippen molar-refractivity contribution in [3.63, 3.8) is 0 Å². The first-order valence-corrected chi connectivity index (χ1v) is 6.96. The third-order valence-corrected chi connectivity index (χ3v) is 3.92. The molecule has 1 amide bonds. The standard InChI is InChI=1S/C13H12BrFN4O/c1-7(20)19-5-8(6-19)17-13-16-4-9-11(18-13)3-2-10(14)12(9)15/h2-4,8H,5-6H2,1H3,(H,16,17,18). The van der Waals surface area contributed by atoms with E-state index in [1.54, 1.807) is 24.0 Å². The lowest BCUT2D eigenvalue weighted by Gasteiger charge is -2.38. The summed E-state index contributed by atoms with van der Waals surface area (Å²) in [6, 6.07) is 3.50. The molecule has 2 aromatic rings. The second-order valence-corrected chi connectivity index (χ2v) is 5.61. The van der Waals surface area contributed by atoms with Crippen LogP contribution in [0.4, 0.5) is 10.3 Å². The molecule has 1 aliphatic heterocycles. The second kappa shape index (κ2) is 4.97. The van der Waals surface area contributed by atoms with Crippen LogP contribution in [0.1, 0.15) is 6.92 Å². The molecule has 1 aromatic heterocycles. The highest BCUT2D eigenvalue weighted by molar-refractivity contribution is 9.10. The van der Waals surface area contributed by atoms with Crippen molar-refractivity contribution in [3.8, 4) is 0 Å². The van der Waals surface area contributed by atoms with Crippen molar-refractivity contribution in [2.75, 3.05) is 18.4 Å². The molecule has 0 radical (unpaired) electrons. The fraction of sp³-hybridized carbons (Fsp3) is 0.308. The van der Waals surface area contributed by atoms with Gasteiger partial charge in [-0.25, -0.2) is 14.4 Å². The molecular formula is C13H12BrFN4O. The Hall–Kier alpha value is -1.76. The number of carbonyl (C=O) groups excluding carboxylic acids is 1. The molecule has 0 aliphatic carbocycles. The monoisotopic (exact) mass is 338 g/mol. The summed E-state index contributed by atoms with van der Waals surface area (Å²) in [4.78, 5) is 21.2. The van der Waals surface area contributed by atoms with Gasteiger partial charge in [-0.1, -0.05) is 0 Å². The van der Waals surface area contributed by atoms with Crippen molar-refractivity contribution in [1.82, 2.24) is 14.9 Å². The molecule has 1 saturated heterocycles. The molecule has 0 unspecified atom stereocenters. The van der Waals surface area contributed by atoms with Crippen molar-refractivity contribution in [2.24, 2.45) is 0 Å². The molecule has 2 heterocycles. The number of likely N-dealkylation sites (tertiary alicyclic amines) is 1. The van der Waals surface area contributed by atoms with Crippen LogP contribution in [-0.2, 0) is 4.79 Å². The molecule has 5 nitrogen and oxygen atoms in total. The largest absolute Gasteiger partial charge is 0.348 e. The van der Waals surface area contributed by atoms with Gasteiger partial charge in [0.25, 0.3) is 0 Å². The number of anilines is 1. The Labute approximate surface area is 123 Å². The molecule has 0 spiro atoms. The Bertz CT molecular complexity index is 687. The number of carbonyl (C=O) groups is 1. The Morgan fingerprint density at radius 2 is 2.25 bits per heavy atom. The van der Waals surface area contributed by atoms with Gasteiger partial charge in [-0.2, -0.15) is 0 Å². The highest BCUT2D eigenvalue weighted by atomic mass is 79.9. The third-order valence-electron chi connectivity index (χ3n) is 3.31. The summed E-state index contributed by atoms with van der Waals surface area (Å²) in [5.41, 5.74) is 0.547. The molecule has 1 aromatic carbocycles. The Balaban J connectivity index is 1.77. The van der Waals surface area contributed by atoms with Gasteiger partial charge in [0.05, 0.1) is 21.4 Å². The van der Waals surface area contributed by atoms with Crippen LogP contribution >= 0.6 is 15.9 Å². The summed E-state index contributed by atoms with van der Waals surface area (Å²) in [7, 11) is 0. The zero-order valence-corrected chi connectivity index (χ0v) is 12.3. The average molecular weight is 339 g/mol. The topological polar surface area (TPSA) is 58.1 Å². The van der Waals surface area contributed by atoms with Crippen molar-refractivity contribution in [3.05, 3.63) is 28.6 Å². The van der Waals surface area contributed by atoms with Crippen LogP contribution in [0.15, 0.2) is 22.8 Å². The zero-order valence-electron chi connectivity index (χ0n) is 10.7. The van der Waals surface area contributed by atoms with Gasteiger partial charge in [-0.15, -0.1) is 0 Å². The van der Waals surface area contributed by atoms with Crippen molar-refractivity contribution in [1.29, 1.82) is 0 Å². The molecule has 1 aliphatic rings. The maximum absolute atomic E-state index is 13.8. The van der Waals surface area contributed by atoms with Crippen LogP contribution in [0.5, 0.6) is 0 Å². The summed E-state index contributed by atoms with van der Waals surface area (Å²) in [6.45, 7) is 2.83. The molecule has 0 bridgehead atoms. The Kier molecular flexibility index (Phi) is 3.29. The lowest BCUT2D eigenvalue weighted by molar-refractivity contribution is -0.132. The molecule has 1 fully saturated rings. The first kappa shape index (κ1) is 13.2. The van der Waals surface area contributed by atoms with E-state index in [1.165, 1.54) is 6.20 Å². The Morgan fingerprint density at radius 3 is 2.95 bits per heavy atom. The van der Waals surface area contributed by atoms with E-state index in [0.29, 0.717) is 34.4 Å². The fourth-order valence-corrected chi connectivity index (χ4v) is 2.47. The van der Waals surface area contributed by atoms with Crippen LogP contribution in [0.2, 0.25) is 0 Å². The number of benzene rings is 1. The van der Waals surface area contributed by atoms with Gasteiger partial charge in [0.15, 0.2) is 0 Å². The minimum absolute atomic E-state index is 0.0643. The van der Waals surface area contributed by atoms with E-state index < -0.39 is 0 Å². The molecule has 0 atom stereocenters. The van der Waals surface area contributed by atoms with E-state index in [0.717, 1.165) is 0 Å². The molecular weight excluding hydrogens is 327 g/mol. The summed E-state index contributed by atoms with van der Waals surface area (Å²) in [5, 5.41) is 3.52. The van der Waals surface area contributed by atoms with Gasteiger partial charge in [0, 0.05) is 26.2 Å². The first-order chi connectivity index (χ1) is 9.54. The van der Waals surface area contributed by atoms with Crippen molar-refractivity contribution >= 4 is 38.7 Å². The lowest BCUT2D eigenvalue weighted by atomic mass is 10.1. The van der Waals surface area contributed by atoms with Crippen LogP contribution in [-0.4, -0.2) is 39.9 Å². The van der Waals surface area contributed by atoms with Crippen LogP contribution in [0, 0.1) is 5.82 Å². The number of hydrogen-bond acceptors (Lipinski definition) is 4. The van der Waals surface area contributed by atoms with Gasteiger partial charge >= 0.3 is 0 Å². The van der Waals surface area contributed by atoms with Gasteiger partial charge in [-0.3, -0.25) is 4.79 Å². The van der Waals surface area contributed by atoms with E-state index in [2.05, 4.69) is 31.2 Å². The number of hydrogen-bond donors (Lipinski definition) is 1. The predicted octanol–water partition coefficient (Wildman–Crippen LogP) is 2.17. The number of fused-ring (bicyclic) bond motifs is 1. The molecule has 1 N–H and O–H groups in total. The number of amides is 1. The van der Waals surface area contributed by atoms with E-state index in [1.807, 2.05) is 0 Å². The summed E-state index contributed by atoms with van der Waals surface area (Å²) >= 11 is 3.13. The normalized spacial score (nSPS) is 15.2. The maximum Gasteiger partial charge on any atom is 0.223 e. The van der Waals surface area contributed by atoms with Gasteiger partial charge in [-0.05, 0) is 28.1 Å². The van der Waals surface area contributed by atoms with Crippen LogP contribution in [0.25, 0.3) is 10.9 Å². The fourth-order valence-electron chi connectivity index (χ4n) is 2.12. The number of halogens is 2. The smallest absolute Gasteiger partial charge is 0.223 e. The summed E-state index contributed by atoms with van der Waals surface area (Å²) < 4.78 is 14.2. The third kappa shape index (κ3) is 2.33. The molecule has 20 heavy (non-hydrogen) atoms. The number of rotatable bonds is 2. The van der Waals surface area contributed by atoms with Crippen molar-refractivity contribution < 1.29 is 9.18 Å². The molecule has 7 heteroatoms. The number of nitrogens with zero attached hydrogens (tertiary/aromatic N) is 3. The van der Waals surface area contributed by atoms with Crippen LogP contribution < -0.4 is 5.32 Å². The van der Waals surface area contributed by atoms with Gasteiger partial charge in [0.1, 0.15) is 5.82 Å². The number of aromatic nitrogens is 2. The zero-order chi connectivity index (χ0) is 14.3. The minimum Gasteiger partial charge on any atom is -0.348 e. The highest BCUT2D eigenvalue weighted by Crippen LogP contribution is 2.24. The van der Waals surface area contributed by atoms with E-state index in [4.69, 9.17) is 0 Å². The maximum atomic E-state index is 13.8. The van der Waals surface area contributed by atoms with E-state index >= 15 is 0 Å². The Morgan fingerprint density at radius 1 is 1.50 bits per heavy atom. The van der Waals surface area contributed by atoms with Crippen LogP contribution in [0.3, 0.4) is 0 Å². The second-order valence-electron chi connectivity index (χ2n) is 4.75. The highest BCUT2D eigenvalue weighted by Gasteiger charge is 2.28. The summed E-state index contributed by atoms with van der Waals surface area (Å²) in [6.07, 6.45) is 1.46. The van der Waals surface area contributed by atoms with Crippen molar-refractivity contribution in [2.45, 2.75) is 13.0 Å². The van der Waals surface area contributed by atoms with Gasteiger partial charge in [0.2, 0.25) is 11.9 Å². The van der Waals surface area contributed by atoms with E-state index in [-0.39, 0.29) is 17.8 Å². The first-order valence-electron chi connectivity index (χ1n) is 6.17. The lowest BCUT2D eigenvalue weighted by Crippen LogP contribution is -2.56. The average Bonchev–Trinajstić information content (AvgIpc) is 2.37. The predicted molar refractivity (Wildman–Crippen MR) is 76.9 cm³/mol.